The van der Waals surface area contributed by atoms with Gasteiger partial charge in [0.05, 0.1) is 17.2 Å². The van der Waals surface area contributed by atoms with Gasteiger partial charge in [0.2, 0.25) is 0 Å². The summed E-state index contributed by atoms with van der Waals surface area (Å²) in [6, 6.07) is 14.7. The van der Waals surface area contributed by atoms with Crippen molar-refractivity contribution in [3.05, 3.63) is 71.6 Å². The van der Waals surface area contributed by atoms with Crippen LogP contribution in [-0.4, -0.2) is 36.8 Å². The molecule has 31 heavy (non-hydrogen) atoms. The van der Waals surface area contributed by atoms with E-state index >= 15 is 0 Å². The van der Waals surface area contributed by atoms with Crippen molar-refractivity contribution in [1.29, 1.82) is 0 Å². The number of nitrogens with one attached hydrogen (secondary N) is 1. The van der Waals surface area contributed by atoms with Gasteiger partial charge in [0.25, 0.3) is 10.0 Å². The van der Waals surface area contributed by atoms with Crippen molar-refractivity contribution in [3.8, 4) is 0 Å². The molecule has 2 aromatic carbocycles. The van der Waals surface area contributed by atoms with Crippen LogP contribution in [0.25, 0.3) is 16.5 Å². The van der Waals surface area contributed by atoms with E-state index in [1.165, 1.54) is 10.5 Å². The summed E-state index contributed by atoms with van der Waals surface area (Å²) in [6.07, 6.45) is 1.88. The van der Waals surface area contributed by atoms with Gasteiger partial charge in [-0.2, -0.15) is 0 Å². The van der Waals surface area contributed by atoms with E-state index in [-0.39, 0.29) is 23.6 Å². The third-order valence-electron chi connectivity index (χ3n) is 5.59. The van der Waals surface area contributed by atoms with Crippen molar-refractivity contribution in [3.63, 3.8) is 0 Å². The number of sulfonamides is 1. The number of hydrogen-bond donors (Lipinski definition) is 1. The normalized spacial score (nSPS) is 14.3. The fourth-order valence-electron chi connectivity index (χ4n) is 3.90. The second kappa shape index (κ2) is 8.23. The number of hydrogen-bond acceptors (Lipinski definition) is 4. The molecule has 1 aromatic heterocycles. The van der Waals surface area contributed by atoms with Crippen molar-refractivity contribution in [2.45, 2.75) is 38.0 Å². The fourth-order valence-corrected chi connectivity index (χ4v) is 5.22. The molecule has 0 bridgehead atoms. The molecule has 0 atom stereocenters. The van der Waals surface area contributed by atoms with Crippen molar-refractivity contribution < 1.29 is 17.9 Å². The van der Waals surface area contributed by atoms with Gasteiger partial charge >= 0.3 is 5.97 Å². The molecule has 0 unspecified atom stereocenters. The monoisotopic (exact) mass is 438 g/mol. The molecule has 3 aromatic rings. The minimum atomic E-state index is -3.82. The lowest BCUT2D eigenvalue weighted by molar-refractivity contribution is -0.136. The highest BCUT2D eigenvalue weighted by molar-refractivity contribution is 7.89. The number of ether oxygens (including phenoxy) is 1. The highest BCUT2D eigenvalue weighted by Gasteiger charge is 2.30. The van der Waals surface area contributed by atoms with Crippen LogP contribution in [0.4, 0.5) is 0 Å². The van der Waals surface area contributed by atoms with Gasteiger partial charge in [-0.05, 0) is 48.6 Å². The van der Waals surface area contributed by atoms with Crippen LogP contribution in [0.3, 0.4) is 0 Å². The molecule has 0 saturated heterocycles. The Morgan fingerprint density at radius 3 is 2.52 bits per heavy atom. The average molecular weight is 439 g/mol. The van der Waals surface area contributed by atoms with Crippen LogP contribution in [-0.2, 0) is 26.0 Å². The SMILES string of the molecule is CCOC(=O)C1=CN(S(=O)(=O)c2ccc(C(C)C)cc2)CCc2c1[nH]c1ccccc21. The summed E-state index contributed by atoms with van der Waals surface area (Å²) < 4.78 is 33.3. The number of para-hydroxylation sites is 1. The summed E-state index contributed by atoms with van der Waals surface area (Å²) in [5, 5.41) is 0.980. The number of H-pyrrole nitrogens is 1. The first kappa shape index (κ1) is 21.2. The molecular formula is C24H26N2O4S. The van der Waals surface area contributed by atoms with Crippen LogP contribution < -0.4 is 0 Å². The maximum atomic E-state index is 13.4. The van der Waals surface area contributed by atoms with Crippen molar-refractivity contribution in [2.75, 3.05) is 13.2 Å². The first-order valence-corrected chi connectivity index (χ1v) is 11.9. The molecule has 1 aliphatic rings. The van der Waals surface area contributed by atoms with Crippen LogP contribution in [0, 0.1) is 0 Å². The van der Waals surface area contributed by atoms with Gasteiger partial charge in [-0.3, -0.25) is 4.31 Å². The molecule has 0 aliphatic carbocycles. The van der Waals surface area contributed by atoms with Crippen LogP contribution >= 0.6 is 0 Å². The second-order valence-electron chi connectivity index (χ2n) is 7.88. The van der Waals surface area contributed by atoms with E-state index in [0.29, 0.717) is 18.0 Å². The predicted octanol–water partition coefficient (Wildman–Crippen LogP) is 4.44. The molecule has 1 aliphatic heterocycles. The Hall–Kier alpha value is -3.06. The molecule has 0 amide bonds. The molecule has 4 rings (SSSR count). The summed E-state index contributed by atoms with van der Waals surface area (Å²) in [5.41, 5.74) is 3.73. The average Bonchev–Trinajstić information content (AvgIpc) is 3.00. The van der Waals surface area contributed by atoms with E-state index in [0.717, 1.165) is 22.0 Å². The van der Waals surface area contributed by atoms with Crippen molar-refractivity contribution in [2.24, 2.45) is 0 Å². The lowest BCUT2D eigenvalue weighted by atomic mass is 10.0. The Balaban J connectivity index is 1.80. The van der Waals surface area contributed by atoms with Gasteiger partial charge in [0.1, 0.15) is 5.57 Å². The number of carbonyl (C=O) groups excluding carboxylic acids is 1. The van der Waals surface area contributed by atoms with Crippen LogP contribution in [0.5, 0.6) is 0 Å². The molecule has 2 heterocycles. The Morgan fingerprint density at radius 2 is 1.84 bits per heavy atom. The molecule has 0 saturated carbocycles. The predicted molar refractivity (Wildman–Crippen MR) is 121 cm³/mol. The number of esters is 1. The lowest BCUT2D eigenvalue weighted by Gasteiger charge is -2.20. The highest BCUT2D eigenvalue weighted by atomic mass is 32.2. The van der Waals surface area contributed by atoms with E-state index in [1.54, 1.807) is 19.1 Å². The van der Waals surface area contributed by atoms with Crippen LogP contribution in [0.1, 0.15) is 43.5 Å². The zero-order chi connectivity index (χ0) is 22.2. The number of benzene rings is 2. The highest BCUT2D eigenvalue weighted by Crippen LogP contribution is 2.33. The maximum absolute atomic E-state index is 13.4. The van der Waals surface area contributed by atoms with Gasteiger partial charge in [-0.1, -0.05) is 44.2 Å². The quantitative estimate of drug-likeness (QED) is 0.597. The van der Waals surface area contributed by atoms with Gasteiger partial charge in [0.15, 0.2) is 0 Å². The molecule has 0 radical (unpaired) electrons. The Kier molecular flexibility index (Phi) is 5.62. The molecular weight excluding hydrogens is 412 g/mol. The standard InChI is InChI=1S/C24H26N2O4S/c1-4-30-24(27)21-15-26(31(28,29)18-11-9-17(10-12-18)16(2)3)14-13-20-19-7-5-6-8-22(19)25-23(20)21/h5-12,15-16,25H,4,13-14H2,1-3H3. The minimum Gasteiger partial charge on any atom is -0.462 e. The number of aromatic nitrogens is 1. The van der Waals surface area contributed by atoms with E-state index in [2.05, 4.69) is 18.8 Å². The van der Waals surface area contributed by atoms with Crippen LogP contribution in [0.15, 0.2) is 59.6 Å². The Bertz CT molecular complexity index is 1250. The summed E-state index contributed by atoms with van der Waals surface area (Å²) in [7, 11) is -3.82. The van der Waals surface area contributed by atoms with Crippen LogP contribution in [0.2, 0.25) is 0 Å². The molecule has 0 spiro atoms. The molecule has 0 fully saturated rings. The number of aromatic amines is 1. The van der Waals surface area contributed by atoms with Gasteiger partial charge < -0.3 is 9.72 Å². The smallest absolute Gasteiger partial charge is 0.341 e. The fraction of sp³-hybridized carbons (Fsp3) is 0.292. The molecule has 1 N–H and O–H groups in total. The second-order valence-corrected chi connectivity index (χ2v) is 9.77. The lowest BCUT2D eigenvalue weighted by Crippen LogP contribution is -2.28. The number of fused-ring (bicyclic) bond motifs is 3. The minimum absolute atomic E-state index is 0.201. The summed E-state index contributed by atoms with van der Waals surface area (Å²) in [5.74, 6) is -0.240. The van der Waals surface area contributed by atoms with E-state index < -0.39 is 16.0 Å². The largest absolute Gasteiger partial charge is 0.462 e. The van der Waals surface area contributed by atoms with Crippen molar-refractivity contribution in [1.82, 2.24) is 9.29 Å². The summed E-state index contributed by atoms with van der Waals surface area (Å²) >= 11 is 0. The third-order valence-corrected chi connectivity index (χ3v) is 7.36. The Morgan fingerprint density at radius 1 is 1.13 bits per heavy atom. The zero-order valence-electron chi connectivity index (χ0n) is 17.9. The first-order chi connectivity index (χ1) is 14.8. The van der Waals surface area contributed by atoms with E-state index in [9.17, 15) is 13.2 Å². The molecule has 7 heteroatoms. The topological polar surface area (TPSA) is 79.5 Å². The summed E-state index contributed by atoms with van der Waals surface area (Å²) in [6.45, 7) is 6.28. The Labute approximate surface area is 182 Å². The number of nitrogens with zero attached hydrogens (tertiary/aromatic N) is 1. The van der Waals surface area contributed by atoms with E-state index in [4.69, 9.17) is 4.74 Å². The van der Waals surface area contributed by atoms with Gasteiger partial charge in [-0.25, -0.2) is 13.2 Å². The molecule has 6 nitrogen and oxygen atoms in total. The van der Waals surface area contributed by atoms with Gasteiger partial charge in [-0.15, -0.1) is 0 Å². The number of rotatable bonds is 5. The van der Waals surface area contributed by atoms with E-state index in [1.807, 2.05) is 36.4 Å². The molecule has 162 valence electrons. The zero-order valence-corrected chi connectivity index (χ0v) is 18.7. The van der Waals surface area contributed by atoms with Gasteiger partial charge in [0, 0.05) is 23.6 Å². The van der Waals surface area contributed by atoms with Crippen molar-refractivity contribution >= 4 is 32.5 Å². The maximum Gasteiger partial charge on any atom is 0.341 e. The summed E-state index contributed by atoms with van der Waals surface area (Å²) in [4.78, 5) is 16.3. The third kappa shape index (κ3) is 3.85. The first-order valence-electron chi connectivity index (χ1n) is 10.4. The number of carbonyl (C=O) groups is 1.